The van der Waals surface area contributed by atoms with Crippen LogP contribution < -0.4 is 5.32 Å². The molecule has 4 nitrogen and oxygen atoms in total. The molecule has 3 rings (SSSR count). The van der Waals surface area contributed by atoms with E-state index in [4.69, 9.17) is 5.11 Å². The van der Waals surface area contributed by atoms with Crippen LogP contribution in [0, 0.1) is 11.8 Å². The molecule has 3 heterocycles. The molecule has 0 unspecified atom stereocenters. The molecule has 3 aliphatic heterocycles. The van der Waals surface area contributed by atoms with Crippen LogP contribution in [0.1, 0.15) is 44.9 Å². The van der Waals surface area contributed by atoms with E-state index in [1.807, 2.05) is 0 Å². The molecule has 3 saturated heterocycles. The van der Waals surface area contributed by atoms with Gasteiger partial charge >= 0.3 is 5.97 Å². The SMILES string of the molecule is O=C(O)CCC[C@@H]1NC[C@@H]2CCCN3CCC[C@@H]1[C@H]23. The Morgan fingerprint density at radius 1 is 1.26 bits per heavy atom. The van der Waals surface area contributed by atoms with Crippen molar-refractivity contribution in [2.24, 2.45) is 11.8 Å². The largest absolute Gasteiger partial charge is 0.481 e. The summed E-state index contributed by atoms with van der Waals surface area (Å²) in [7, 11) is 0. The highest BCUT2D eigenvalue weighted by Gasteiger charge is 2.45. The molecule has 0 aromatic rings. The number of nitrogens with one attached hydrogen (secondary N) is 1. The van der Waals surface area contributed by atoms with Gasteiger partial charge in [-0.1, -0.05) is 0 Å². The van der Waals surface area contributed by atoms with E-state index in [1.165, 1.54) is 38.8 Å². The van der Waals surface area contributed by atoms with Crippen molar-refractivity contribution < 1.29 is 9.90 Å². The Labute approximate surface area is 115 Å². The van der Waals surface area contributed by atoms with Crippen molar-refractivity contribution >= 4 is 5.97 Å². The molecule has 19 heavy (non-hydrogen) atoms. The van der Waals surface area contributed by atoms with E-state index in [-0.39, 0.29) is 0 Å². The maximum absolute atomic E-state index is 10.7. The van der Waals surface area contributed by atoms with Crippen LogP contribution in [0.2, 0.25) is 0 Å². The monoisotopic (exact) mass is 266 g/mol. The van der Waals surface area contributed by atoms with Crippen molar-refractivity contribution in [1.29, 1.82) is 0 Å². The third-order valence-electron chi connectivity index (χ3n) is 5.41. The molecule has 0 spiro atoms. The van der Waals surface area contributed by atoms with Crippen LogP contribution >= 0.6 is 0 Å². The topological polar surface area (TPSA) is 52.6 Å². The highest BCUT2D eigenvalue weighted by atomic mass is 16.4. The lowest BCUT2D eigenvalue weighted by atomic mass is 9.70. The second kappa shape index (κ2) is 5.80. The minimum Gasteiger partial charge on any atom is -0.481 e. The van der Waals surface area contributed by atoms with Gasteiger partial charge in [0.2, 0.25) is 0 Å². The number of nitrogens with zero attached hydrogens (tertiary/aromatic N) is 1. The van der Waals surface area contributed by atoms with E-state index < -0.39 is 5.97 Å². The van der Waals surface area contributed by atoms with Gasteiger partial charge in [-0.25, -0.2) is 0 Å². The summed E-state index contributed by atoms with van der Waals surface area (Å²) in [6.07, 6.45) is 7.58. The number of piperidine rings is 3. The van der Waals surface area contributed by atoms with Crippen LogP contribution in [0.15, 0.2) is 0 Å². The molecule has 0 bridgehead atoms. The molecule has 0 radical (unpaired) electrons. The van der Waals surface area contributed by atoms with Crippen molar-refractivity contribution in [2.45, 2.75) is 57.0 Å². The summed E-state index contributed by atoms with van der Waals surface area (Å²) in [5, 5.41) is 12.5. The number of hydrogen-bond donors (Lipinski definition) is 2. The molecule has 0 saturated carbocycles. The zero-order chi connectivity index (χ0) is 13.2. The number of carboxylic acid groups (broad SMARTS) is 1. The van der Waals surface area contributed by atoms with E-state index >= 15 is 0 Å². The third kappa shape index (κ3) is 2.79. The summed E-state index contributed by atoms with van der Waals surface area (Å²) in [6, 6.07) is 1.35. The van der Waals surface area contributed by atoms with Crippen LogP contribution in [-0.2, 0) is 4.79 Å². The molecule has 0 aliphatic carbocycles. The molecule has 0 aromatic carbocycles. The highest BCUT2D eigenvalue weighted by Crippen LogP contribution is 2.39. The van der Waals surface area contributed by atoms with E-state index in [0.29, 0.717) is 12.5 Å². The third-order valence-corrected chi connectivity index (χ3v) is 5.41. The fourth-order valence-electron chi connectivity index (χ4n) is 4.66. The van der Waals surface area contributed by atoms with Gasteiger partial charge in [0.25, 0.3) is 0 Å². The summed E-state index contributed by atoms with van der Waals surface area (Å²) in [5.41, 5.74) is 0. The molecular formula is C15H26N2O2. The van der Waals surface area contributed by atoms with Gasteiger partial charge in [0.05, 0.1) is 0 Å². The Kier molecular flexibility index (Phi) is 4.08. The van der Waals surface area contributed by atoms with Crippen LogP contribution in [0.3, 0.4) is 0 Å². The second-order valence-corrected chi connectivity index (χ2v) is 6.54. The van der Waals surface area contributed by atoms with E-state index in [2.05, 4.69) is 10.2 Å². The molecule has 3 aliphatic rings. The number of carbonyl (C=O) groups is 1. The summed E-state index contributed by atoms with van der Waals surface area (Å²) in [5.74, 6) is 0.952. The summed E-state index contributed by atoms with van der Waals surface area (Å²) >= 11 is 0. The quantitative estimate of drug-likeness (QED) is 0.813. The van der Waals surface area contributed by atoms with Gasteiger partial charge in [-0.15, -0.1) is 0 Å². The maximum Gasteiger partial charge on any atom is 0.303 e. The summed E-state index contributed by atoms with van der Waals surface area (Å²) in [6.45, 7) is 3.73. The Balaban J connectivity index is 1.62. The Morgan fingerprint density at radius 2 is 2.05 bits per heavy atom. The van der Waals surface area contributed by atoms with Gasteiger partial charge in [-0.05, 0) is 70.0 Å². The lowest BCUT2D eigenvalue weighted by Crippen LogP contribution is -2.63. The Bertz CT molecular complexity index is 325. The zero-order valence-electron chi connectivity index (χ0n) is 11.7. The van der Waals surface area contributed by atoms with Crippen molar-refractivity contribution in [1.82, 2.24) is 10.2 Å². The van der Waals surface area contributed by atoms with Crippen molar-refractivity contribution in [3.8, 4) is 0 Å². The van der Waals surface area contributed by atoms with Crippen molar-refractivity contribution in [3.63, 3.8) is 0 Å². The fraction of sp³-hybridized carbons (Fsp3) is 0.933. The lowest BCUT2D eigenvalue weighted by Gasteiger charge is -2.54. The number of aliphatic carboxylic acids is 1. The van der Waals surface area contributed by atoms with Gasteiger partial charge in [-0.3, -0.25) is 9.69 Å². The lowest BCUT2D eigenvalue weighted by molar-refractivity contribution is -0.137. The number of hydrogen-bond acceptors (Lipinski definition) is 3. The molecule has 0 amide bonds. The van der Waals surface area contributed by atoms with E-state index in [0.717, 1.165) is 37.3 Å². The smallest absolute Gasteiger partial charge is 0.303 e. The number of carboxylic acids is 1. The van der Waals surface area contributed by atoms with Crippen LogP contribution in [-0.4, -0.2) is 47.7 Å². The Morgan fingerprint density at radius 3 is 2.84 bits per heavy atom. The molecule has 3 fully saturated rings. The summed E-state index contributed by atoms with van der Waals surface area (Å²) < 4.78 is 0. The zero-order valence-corrected chi connectivity index (χ0v) is 11.7. The average Bonchev–Trinajstić information content (AvgIpc) is 2.41. The minimum atomic E-state index is -0.656. The van der Waals surface area contributed by atoms with Crippen molar-refractivity contribution in [3.05, 3.63) is 0 Å². The number of rotatable bonds is 4. The molecule has 2 N–H and O–H groups in total. The van der Waals surface area contributed by atoms with Gasteiger partial charge in [-0.2, -0.15) is 0 Å². The predicted octanol–water partition coefficient (Wildman–Crippen LogP) is 1.70. The van der Waals surface area contributed by atoms with Gasteiger partial charge in [0, 0.05) is 18.5 Å². The normalized spacial score (nSPS) is 38.7. The first-order chi connectivity index (χ1) is 9.25. The van der Waals surface area contributed by atoms with Crippen LogP contribution in [0.5, 0.6) is 0 Å². The average molecular weight is 266 g/mol. The van der Waals surface area contributed by atoms with Crippen LogP contribution in [0.4, 0.5) is 0 Å². The van der Waals surface area contributed by atoms with Gasteiger partial charge in [0.15, 0.2) is 0 Å². The first-order valence-corrected chi connectivity index (χ1v) is 7.95. The van der Waals surface area contributed by atoms with Crippen LogP contribution in [0.25, 0.3) is 0 Å². The fourth-order valence-corrected chi connectivity index (χ4v) is 4.66. The van der Waals surface area contributed by atoms with E-state index in [1.54, 1.807) is 0 Å². The molecular weight excluding hydrogens is 240 g/mol. The van der Waals surface area contributed by atoms with Gasteiger partial charge < -0.3 is 10.4 Å². The molecule has 108 valence electrons. The maximum atomic E-state index is 10.7. The molecule has 4 atom stereocenters. The highest BCUT2D eigenvalue weighted by molar-refractivity contribution is 5.66. The molecule has 4 heteroatoms. The molecule has 0 aromatic heterocycles. The van der Waals surface area contributed by atoms with E-state index in [9.17, 15) is 4.79 Å². The predicted molar refractivity (Wildman–Crippen MR) is 74.1 cm³/mol. The van der Waals surface area contributed by atoms with Crippen molar-refractivity contribution in [2.75, 3.05) is 19.6 Å². The standard InChI is InChI=1S/C15H26N2O2/c18-14(19)7-1-6-13-12-5-3-9-17-8-2-4-11(10-16-13)15(12)17/h11-13,15-16H,1-10H2,(H,18,19)/t11-,12-,13-,15-/m0/s1. The first kappa shape index (κ1) is 13.4. The first-order valence-electron chi connectivity index (χ1n) is 7.95. The van der Waals surface area contributed by atoms with Gasteiger partial charge in [0.1, 0.15) is 0 Å². The minimum absolute atomic E-state index is 0.322. The second-order valence-electron chi connectivity index (χ2n) is 6.54. The Hall–Kier alpha value is -0.610. The summed E-state index contributed by atoms with van der Waals surface area (Å²) in [4.78, 5) is 13.4.